The van der Waals surface area contributed by atoms with E-state index in [0.717, 1.165) is 29.9 Å². The largest absolute Gasteiger partial charge is 0.490 e. The van der Waals surface area contributed by atoms with Crippen molar-refractivity contribution in [2.75, 3.05) is 13.2 Å². The van der Waals surface area contributed by atoms with Crippen molar-refractivity contribution in [3.05, 3.63) is 40.7 Å². The summed E-state index contributed by atoms with van der Waals surface area (Å²) in [5, 5.41) is 7.57. The molecular weight excluding hydrogens is 342 g/mol. The SMILES string of the molecule is CCCn1nc(C)c(C(=O)NC(C)c2ccc(OCC)c(OCC)c2)c1C. The molecule has 0 radical (unpaired) electrons. The van der Waals surface area contributed by atoms with Crippen molar-refractivity contribution < 1.29 is 14.3 Å². The van der Waals surface area contributed by atoms with Crippen LogP contribution in [-0.2, 0) is 6.54 Å². The minimum absolute atomic E-state index is 0.105. The average Bonchev–Trinajstić information content (AvgIpc) is 2.90. The van der Waals surface area contributed by atoms with Crippen LogP contribution in [0.2, 0.25) is 0 Å². The summed E-state index contributed by atoms with van der Waals surface area (Å²) in [5.41, 5.74) is 3.28. The molecule has 1 amide bonds. The number of rotatable bonds is 9. The molecule has 1 aromatic heterocycles. The molecule has 1 atom stereocenters. The smallest absolute Gasteiger partial charge is 0.255 e. The van der Waals surface area contributed by atoms with E-state index < -0.39 is 0 Å². The minimum atomic E-state index is -0.166. The second-order valence-corrected chi connectivity index (χ2v) is 6.54. The molecule has 0 aliphatic carbocycles. The van der Waals surface area contributed by atoms with Crippen LogP contribution in [-0.4, -0.2) is 28.9 Å². The molecular formula is C21H31N3O3. The van der Waals surface area contributed by atoms with Gasteiger partial charge in [-0.15, -0.1) is 0 Å². The van der Waals surface area contributed by atoms with Gasteiger partial charge in [-0.2, -0.15) is 5.10 Å². The lowest BCUT2D eigenvalue weighted by atomic mass is 10.1. The van der Waals surface area contributed by atoms with Crippen LogP contribution in [0.25, 0.3) is 0 Å². The van der Waals surface area contributed by atoms with E-state index >= 15 is 0 Å². The van der Waals surface area contributed by atoms with Crippen molar-refractivity contribution in [1.29, 1.82) is 0 Å². The Morgan fingerprint density at radius 3 is 2.44 bits per heavy atom. The maximum Gasteiger partial charge on any atom is 0.255 e. The number of nitrogens with zero attached hydrogens (tertiary/aromatic N) is 2. The molecule has 0 saturated carbocycles. The topological polar surface area (TPSA) is 65.4 Å². The molecule has 0 spiro atoms. The molecule has 1 unspecified atom stereocenters. The van der Waals surface area contributed by atoms with Crippen molar-refractivity contribution in [2.45, 2.75) is 60.5 Å². The third kappa shape index (κ3) is 4.81. The lowest BCUT2D eigenvalue weighted by Gasteiger charge is -2.17. The van der Waals surface area contributed by atoms with Gasteiger partial charge in [-0.25, -0.2) is 0 Å². The number of nitrogens with one attached hydrogen (secondary N) is 1. The van der Waals surface area contributed by atoms with Crippen LogP contribution in [0.5, 0.6) is 11.5 Å². The van der Waals surface area contributed by atoms with Gasteiger partial charge >= 0.3 is 0 Å². The Morgan fingerprint density at radius 2 is 1.81 bits per heavy atom. The first-order valence-corrected chi connectivity index (χ1v) is 9.67. The molecule has 0 aliphatic heterocycles. The maximum absolute atomic E-state index is 12.8. The van der Waals surface area contributed by atoms with Gasteiger partial charge in [0.1, 0.15) is 0 Å². The summed E-state index contributed by atoms with van der Waals surface area (Å²) in [4.78, 5) is 12.8. The summed E-state index contributed by atoms with van der Waals surface area (Å²) in [6, 6.07) is 5.61. The van der Waals surface area contributed by atoms with Gasteiger partial charge in [0.15, 0.2) is 11.5 Å². The Labute approximate surface area is 161 Å². The van der Waals surface area contributed by atoms with E-state index in [2.05, 4.69) is 17.3 Å². The molecule has 1 heterocycles. The van der Waals surface area contributed by atoms with Crippen LogP contribution < -0.4 is 14.8 Å². The van der Waals surface area contributed by atoms with Crippen LogP contribution in [0.1, 0.15) is 67.5 Å². The van der Waals surface area contributed by atoms with E-state index in [1.807, 2.05) is 57.5 Å². The molecule has 148 valence electrons. The van der Waals surface area contributed by atoms with Crippen LogP contribution >= 0.6 is 0 Å². The number of ether oxygens (including phenoxy) is 2. The molecule has 27 heavy (non-hydrogen) atoms. The minimum Gasteiger partial charge on any atom is -0.490 e. The highest BCUT2D eigenvalue weighted by Gasteiger charge is 2.21. The normalized spacial score (nSPS) is 11.9. The highest BCUT2D eigenvalue weighted by atomic mass is 16.5. The van der Waals surface area contributed by atoms with Gasteiger partial charge in [-0.05, 0) is 58.7 Å². The summed E-state index contributed by atoms with van der Waals surface area (Å²) >= 11 is 0. The summed E-state index contributed by atoms with van der Waals surface area (Å²) in [6.07, 6.45) is 0.978. The second kappa shape index (κ2) is 9.44. The van der Waals surface area contributed by atoms with Crippen LogP contribution in [0, 0.1) is 13.8 Å². The number of aryl methyl sites for hydroxylation is 2. The van der Waals surface area contributed by atoms with Crippen molar-refractivity contribution in [3.63, 3.8) is 0 Å². The molecule has 0 bridgehead atoms. The van der Waals surface area contributed by atoms with Gasteiger partial charge in [0, 0.05) is 12.2 Å². The number of benzene rings is 1. The van der Waals surface area contributed by atoms with Gasteiger partial charge in [-0.3, -0.25) is 9.48 Å². The van der Waals surface area contributed by atoms with E-state index in [1.54, 1.807) is 0 Å². The Bertz CT molecular complexity index is 783. The van der Waals surface area contributed by atoms with Crippen molar-refractivity contribution in [1.82, 2.24) is 15.1 Å². The molecule has 0 fully saturated rings. The van der Waals surface area contributed by atoms with Gasteiger partial charge in [0.2, 0.25) is 0 Å². The Kier molecular flexibility index (Phi) is 7.28. The zero-order valence-corrected chi connectivity index (χ0v) is 17.3. The molecule has 2 rings (SSSR count). The third-order valence-electron chi connectivity index (χ3n) is 4.46. The average molecular weight is 373 g/mol. The summed E-state index contributed by atoms with van der Waals surface area (Å²) in [7, 11) is 0. The quantitative estimate of drug-likeness (QED) is 0.715. The van der Waals surface area contributed by atoms with E-state index in [9.17, 15) is 4.79 Å². The first-order chi connectivity index (χ1) is 12.9. The summed E-state index contributed by atoms with van der Waals surface area (Å²) < 4.78 is 13.2. The Balaban J connectivity index is 2.20. The number of amides is 1. The highest BCUT2D eigenvalue weighted by molar-refractivity contribution is 5.96. The molecule has 2 aromatic rings. The van der Waals surface area contributed by atoms with Crippen LogP contribution in [0.4, 0.5) is 0 Å². The molecule has 0 saturated heterocycles. The zero-order chi connectivity index (χ0) is 20.0. The standard InChI is InChI=1S/C21H31N3O3/c1-7-12-24-16(6)20(15(5)23-24)21(25)22-14(4)17-10-11-18(26-8-2)19(13-17)27-9-3/h10-11,13-14H,7-9,12H2,1-6H3,(H,22,25). The third-order valence-corrected chi connectivity index (χ3v) is 4.46. The van der Waals surface area contributed by atoms with Crippen LogP contribution in [0.15, 0.2) is 18.2 Å². The summed E-state index contributed by atoms with van der Waals surface area (Å²) in [6.45, 7) is 13.7. The first-order valence-electron chi connectivity index (χ1n) is 9.67. The Hall–Kier alpha value is -2.50. The zero-order valence-electron chi connectivity index (χ0n) is 17.3. The fourth-order valence-corrected chi connectivity index (χ4v) is 3.14. The van der Waals surface area contributed by atoms with Gasteiger partial charge in [0.05, 0.1) is 30.5 Å². The molecule has 6 nitrogen and oxygen atoms in total. The fraction of sp³-hybridized carbons (Fsp3) is 0.524. The molecule has 1 N–H and O–H groups in total. The predicted octanol–water partition coefficient (Wildman–Crippen LogP) is 4.20. The number of hydrogen-bond donors (Lipinski definition) is 1. The lowest BCUT2D eigenvalue weighted by molar-refractivity contribution is 0.0938. The number of hydrogen-bond acceptors (Lipinski definition) is 4. The van der Waals surface area contributed by atoms with E-state index in [-0.39, 0.29) is 11.9 Å². The number of carbonyl (C=O) groups is 1. The van der Waals surface area contributed by atoms with E-state index in [0.29, 0.717) is 30.3 Å². The van der Waals surface area contributed by atoms with Gasteiger partial charge < -0.3 is 14.8 Å². The van der Waals surface area contributed by atoms with Gasteiger partial charge in [-0.1, -0.05) is 13.0 Å². The number of aromatic nitrogens is 2. The van der Waals surface area contributed by atoms with E-state index in [1.165, 1.54) is 0 Å². The first kappa shape index (κ1) is 20.8. The molecule has 0 aliphatic rings. The monoisotopic (exact) mass is 373 g/mol. The van der Waals surface area contributed by atoms with Crippen LogP contribution in [0.3, 0.4) is 0 Å². The lowest BCUT2D eigenvalue weighted by Crippen LogP contribution is -2.27. The van der Waals surface area contributed by atoms with Crippen molar-refractivity contribution in [2.24, 2.45) is 0 Å². The van der Waals surface area contributed by atoms with Crippen molar-refractivity contribution in [3.8, 4) is 11.5 Å². The van der Waals surface area contributed by atoms with Crippen molar-refractivity contribution >= 4 is 5.91 Å². The highest BCUT2D eigenvalue weighted by Crippen LogP contribution is 2.31. The molecule has 6 heteroatoms. The predicted molar refractivity (Wildman–Crippen MR) is 107 cm³/mol. The fourth-order valence-electron chi connectivity index (χ4n) is 3.14. The van der Waals surface area contributed by atoms with Gasteiger partial charge in [0.25, 0.3) is 5.91 Å². The summed E-state index contributed by atoms with van der Waals surface area (Å²) in [5.74, 6) is 1.31. The molecule has 1 aromatic carbocycles. The van der Waals surface area contributed by atoms with E-state index in [4.69, 9.17) is 9.47 Å². The maximum atomic E-state index is 12.8. The second-order valence-electron chi connectivity index (χ2n) is 6.54. The Morgan fingerprint density at radius 1 is 1.15 bits per heavy atom. The number of carbonyl (C=O) groups excluding carboxylic acids is 1.